The highest BCUT2D eigenvalue weighted by atomic mass is 35.5. The number of amides is 2. The van der Waals surface area contributed by atoms with E-state index in [4.69, 9.17) is 11.6 Å². The van der Waals surface area contributed by atoms with Crippen molar-refractivity contribution in [2.45, 2.75) is 6.42 Å². The molecular formula is C25H27ClN6O2. The van der Waals surface area contributed by atoms with Gasteiger partial charge < -0.3 is 20.4 Å². The maximum atomic E-state index is 12.9. The molecule has 34 heavy (non-hydrogen) atoms. The second-order valence-corrected chi connectivity index (χ2v) is 8.44. The number of piperazine rings is 1. The van der Waals surface area contributed by atoms with Crippen LogP contribution in [0.1, 0.15) is 16.8 Å². The molecule has 0 radical (unpaired) electrons. The zero-order chi connectivity index (χ0) is 23.9. The second kappa shape index (κ2) is 11.1. The maximum Gasteiger partial charge on any atom is 0.253 e. The fourth-order valence-electron chi connectivity index (χ4n) is 3.76. The lowest BCUT2D eigenvalue weighted by Gasteiger charge is -2.35. The normalized spacial score (nSPS) is 13.6. The topological polar surface area (TPSA) is 90.5 Å². The van der Waals surface area contributed by atoms with Crippen molar-refractivity contribution in [1.82, 2.24) is 25.1 Å². The largest absolute Gasteiger partial charge is 0.339 e. The minimum absolute atomic E-state index is 0.0325. The van der Waals surface area contributed by atoms with Gasteiger partial charge in [0.15, 0.2) is 0 Å². The number of nitrogens with one attached hydrogen (secondary N) is 2. The SMILES string of the molecule is CNCCC(=O)N1CCN(C(=O)c2ccc(Nc3nccc(-c4ccc(Cl)cc4)n3)cc2)CC1. The highest BCUT2D eigenvalue weighted by molar-refractivity contribution is 6.30. The molecule has 0 aliphatic carbocycles. The Kier molecular flexibility index (Phi) is 7.72. The summed E-state index contributed by atoms with van der Waals surface area (Å²) in [6.07, 6.45) is 2.17. The quantitative estimate of drug-likeness (QED) is 0.540. The first-order valence-electron chi connectivity index (χ1n) is 11.2. The molecular weight excluding hydrogens is 452 g/mol. The predicted octanol–water partition coefficient (Wildman–Crippen LogP) is 3.43. The van der Waals surface area contributed by atoms with Crippen LogP contribution in [0.2, 0.25) is 5.02 Å². The summed E-state index contributed by atoms with van der Waals surface area (Å²) in [6, 6.07) is 16.6. The summed E-state index contributed by atoms with van der Waals surface area (Å²) < 4.78 is 0. The number of carbonyl (C=O) groups is 2. The number of halogens is 1. The van der Waals surface area contributed by atoms with E-state index in [9.17, 15) is 9.59 Å². The molecule has 1 fully saturated rings. The van der Waals surface area contributed by atoms with Gasteiger partial charge in [-0.3, -0.25) is 9.59 Å². The van der Waals surface area contributed by atoms with Gasteiger partial charge in [-0.2, -0.15) is 0 Å². The van der Waals surface area contributed by atoms with Crippen LogP contribution in [0.5, 0.6) is 0 Å². The number of rotatable bonds is 7. The zero-order valence-electron chi connectivity index (χ0n) is 19.0. The van der Waals surface area contributed by atoms with Gasteiger partial charge in [-0.1, -0.05) is 23.7 Å². The van der Waals surface area contributed by atoms with E-state index in [1.165, 1.54) is 0 Å². The third kappa shape index (κ3) is 5.89. The third-order valence-electron chi connectivity index (χ3n) is 5.69. The molecule has 1 aliphatic heterocycles. The molecule has 0 unspecified atom stereocenters. The van der Waals surface area contributed by atoms with Crippen LogP contribution in [0, 0.1) is 0 Å². The Hall–Kier alpha value is -3.49. The van der Waals surface area contributed by atoms with E-state index in [-0.39, 0.29) is 11.8 Å². The fourth-order valence-corrected chi connectivity index (χ4v) is 3.88. The summed E-state index contributed by atoms with van der Waals surface area (Å²) in [5, 5.41) is 6.84. The van der Waals surface area contributed by atoms with Crippen molar-refractivity contribution < 1.29 is 9.59 Å². The summed E-state index contributed by atoms with van der Waals surface area (Å²) in [5.74, 6) is 0.555. The summed E-state index contributed by atoms with van der Waals surface area (Å²) in [5.41, 5.74) is 3.12. The fraction of sp³-hybridized carbons (Fsp3) is 0.280. The van der Waals surface area contributed by atoms with Crippen LogP contribution in [0.4, 0.5) is 11.6 Å². The minimum atomic E-state index is -0.0325. The van der Waals surface area contributed by atoms with E-state index in [1.54, 1.807) is 23.2 Å². The number of aromatic nitrogens is 2. The number of anilines is 2. The molecule has 0 atom stereocenters. The number of hydrogen-bond acceptors (Lipinski definition) is 6. The third-order valence-corrected chi connectivity index (χ3v) is 5.94. The lowest BCUT2D eigenvalue weighted by molar-refractivity contribution is -0.132. The lowest BCUT2D eigenvalue weighted by atomic mass is 10.1. The average Bonchev–Trinajstić information content (AvgIpc) is 2.88. The molecule has 2 heterocycles. The van der Waals surface area contributed by atoms with Gasteiger partial charge in [-0.05, 0) is 49.5 Å². The van der Waals surface area contributed by atoms with E-state index in [0.717, 1.165) is 16.9 Å². The van der Waals surface area contributed by atoms with Gasteiger partial charge in [0.25, 0.3) is 5.91 Å². The number of carbonyl (C=O) groups excluding carboxylic acids is 2. The highest BCUT2D eigenvalue weighted by Crippen LogP contribution is 2.22. The molecule has 4 rings (SSSR count). The monoisotopic (exact) mass is 478 g/mol. The summed E-state index contributed by atoms with van der Waals surface area (Å²) in [4.78, 5) is 37.5. The Bertz CT molecular complexity index is 1130. The standard InChI is InChI=1S/C25H27ClN6O2/c1-27-12-11-23(33)31-14-16-32(17-15-31)24(34)19-4-8-21(9-5-19)29-25-28-13-10-22(30-25)18-2-6-20(26)7-3-18/h2-10,13,27H,11-12,14-17H2,1H3,(H,28,29,30). The molecule has 2 aromatic carbocycles. The first-order valence-corrected chi connectivity index (χ1v) is 11.6. The van der Waals surface area contributed by atoms with E-state index in [1.807, 2.05) is 54.4 Å². The molecule has 1 saturated heterocycles. The summed E-state index contributed by atoms with van der Waals surface area (Å²) >= 11 is 5.97. The summed E-state index contributed by atoms with van der Waals surface area (Å²) in [6.45, 7) is 2.87. The predicted molar refractivity (Wildman–Crippen MR) is 133 cm³/mol. The lowest BCUT2D eigenvalue weighted by Crippen LogP contribution is -2.50. The van der Waals surface area contributed by atoms with Crippen LogP contribution in [0.15, 0.2) is 60.8 Å². The van der Waals surface area contributed by atoms with Crippen LogP contribution in [-0.4, -0.2) is 71.4 Å². The smallest absolute Gasteiger partial charge is 0.253 e. The van der Waals surface area contributed by atoms with Crippen LogP contribution < -0.4 is 10.6 Å². The Balaban J connectivity index is 1.35. The van der Waals surface area contributed by atoms with Crippen molar-refractivity contribution in [2.75, 3.05) is 45.1 Å². The van der Waals surface area contributed by atoms with Crippen molar-refractivity contribution in [3.05, 3.63) is 71.4 Å². The first-order chi connectivity index (χ1) is 16.5. The van der Waals surface area contributed by atoms with Gasteiger partial charge in [0.1, 0.15) is 0 Å². The molecule has 8 nitrogen and oxygen atoms in total. The molecule has 3 aromatic rings. The minimum Gasteiger partial charge on any atom is -0.339 e. The molecule has 2 amide bonds. The molecule has 0 bridgehead atoms. The Morgan fingerprint density at radius 3 is 2.29 bits per heavy atom. The van der Waals surface area contributed by atoms with E-state index in [0.29, 0.717) is 55.7 Å². The highest BCUT2D eigenvalue weighted by Gasteiger charge is 2.24. The van der Waals surface area contributed by atoms with Gasteiger partial charge in [-0.25, -0.2) is 9.97 Å². The van der Waals surface area contributed by atoms with Crippen LogP contribution in [0.25, 0.3) is 11.3 Å². The van der Waals surface area contributed by atoms with Crippen LogP contribution in [-0.2, 0) is 4.79 Å². The number of hydrogen-bond donors (Lipinski definition) is 2. The number of nitrogens with zero attached hydrogens (tertiary/aromatic N) is 4. The van der Waals surface area contributed by atoms with Crippen molar-refractivity contribution in [2.24, 2.45) is 0 Å². The van der Waals surface area contributed by atoms with Crippen molar-refractivity contribution in [3.63, 3.8) is 0 Å². The van der Waals surface area contributed by atoms with E-state index < -0.39 is 0 Å². The molecule has 176 valence electrons. The Morgan fingerprint density at radius 2 is 1.62 bits per heavy atom. The van der Waals surface area contributed by atoms with Crippen molar-refractivity contribution in [3.8, 4) is 11.3 Å². The van der Waals surface area contributed by atoms with E-state index in [2.05, 4.69) is 20.6 Å². The van der Waals surface area contributed by atoms with Gasteiger partial charge in [-0.15, -0.1) is 0 Å². The van der Waals surface area contributed by atoms with Gasteiger partial charge in [0, 0.05) is 67.2 Å². The van der Waals surface area contributed by atoms with Crippen LogP contribution in [0.3, 0.4) is 0 Å². The summed E-state index contributed by atoms with van der Waals surface area (Å²) in [7, 11) is 1.83. The van der Waals surface area contributed by atoms with Gasteiger partial charge in [0.05, 0.1) is 5.69 Å². The van der Waals surface area contributed by atoms with Crippen molar-refractivity contribution in [1.29, 1.82) is 0 Å². The Morgan fingerprint density at radius 1 is 0.941 bits per heavy atom. The molecule has 0 saturated carbocycles. The average molecular weight is 479 g/mol. The second-order valence-electron chi connectivity index (χ2n) is 8.00. The molecule has 1 aromatic heterocycles. The Labute approximate surface area is 204 Å². The van der Waals surface area contributed by atoms with Crippen LogP contribution >= 0.6 is 11.6 Å². The van der Waals surface area contributed by atoms with Gasteiger partial charge in [0.2, 0.25) is 11.9 Å². The van der Waals surface area contributed by atoms with E-state index >= 15 is 0 Å². The maximum absolute atomic E-state index is 12.9. The zero-order valence-corrected chi connectivity index (χ0v) is 19.8. The number of benzene rings is 2. The molecule has 2 N–H and O–H groups in total. The molecule has 0 spiro atoms. The molecule has 9 heteroatoms. The first kappa shape index (κ1) is 23.7. The van der Waals surface area contributed by atoms with Crippen molar-refractivity contribution >= 4 is 35.1 Å². The molecule has 1 aliphatic rings. The van der Waals surface area contributed by atoms with Gasteiger partial charge >= 0.3 is 0 Å².